The zero-order valence-electron chi connectivity index (χ0n) is 12.2. The summed E-state index contributed by atoms with van der Waals surface area (Å²) >= 11 is 0. The van der Waals surface area contributed by atoms with E-state index in [0.29, 0.717) is 19.5 Å². The summed E-state index contributed by atoms with van der Waals surface area (Å²) in [6.07, 6.45) is -1.77. The Labute approximate surface area is 114 Å². The van der Waals surface area contributed by atoms with Crippen molar-refractivity contribution in [3.8, 4) is 0 Å². The largest absolute Gasteiger partial charge is 0.411 e. The van der Waals surface area contributed by atoms with Crippen molar-refractivity contribution in [2.24, 2.45) is 5.73 Å². The van der Waals surface area contributed by atoms with Crippen molar-refractivity contribution in [3.63, 3.8) is 0 Å². The molecule has 6 heteroatoms. The first kappa shape index (κ1) is 18.7. The quantitative estimate of drug-likeness (QED) is 0.627. The second kappa shape index (κ2) is 8.76. The van der Waals surface area contributed by atoms with Crippen LogP contribution in [0.5, 0.6) is 0 Å². The standard InChI is InChI=1S/C13H27F3N2O/c1-4-12(5-2,10-17)18(6-3)8-7-9-19-11-13(14,15)16/h4-11,17H2,1-3H3. The number of nitrogens with zero attached hydrogens (tertiary/aromatic N) is 1. The summed E-state index contributed by atoms with van der Waals surface area (Å²) < 4.78 is 40.3. The number of hydrogen-bond donors (Lipinski definition) is 1. The van der Waals surface area contributed by atoms with Gasteiger partial charge in [-0.05, 0) is 25.8 Å². The van der Waals surface area contributed by atoms with Crippen LogP contribution in [0.25, 0.3) is 0 Å². The highest BCUT2D eigenvalue weighted by Gasteiger charge is 2.31. The number of alkyl halides is 3. The van der Waals surface area contributed by atoms with Crippen LogP contribution in [0.3, 0.4) is 0 Å². The van der Waals surface area contributed by atoms with Gasteiger partial charge in [0.15, 0.2) is 0 Å². The minimum atomic E-state index is -4.24. The molecule has 0 aromatic rings. The molecule has 0 aliphatic rings. The number of hydrogen-bond acceptors (Lipinski definition) is 3. The Morgan fingerprint density at radius 1 is 1.11 bits per heavy atom. The van der Waals surface area contributed by atoms with Gasteiger partial charge in [0.25, 0.3) is 0 Å². The minimum Gasteiger partial charge on any atom is -0.372 e. The van der Waals surface area contributed by atoms with Crippen molar-refractivity contribution in [1.29, 1.82) is 0 Å². The lowest BCUT2D eigenvalue weighted by atomic mass is 9.90. The molecule has 0 saturated heterocycles. The highest BCUT2D eigenvalue weighted by molar-refractivity contribution is 4.88. The van der Waals surface area contributed by atoms with Gasteiger partial charge in [0.2, 0.25) is 0 Å². The Balaban J connectivity index is 4.13. The van der Waals surface area contributed by atoms with E-state index in [0.717, 1.165) is 19.4 Å². The third-order valence-electron chi connectivity index (χ3n) is 3.73. The fourth-order valence-electron chi connectivity index (χ4n) is 2.39. The summed E-state index contributed by atoms with van der Waals surface area (Å²) in [6.45, 7) is 7.33. The molecule has 0 aliphatic heterocycles. The summed E-state index contributed by atoms with van der Waals surface area (Å²) in [5, 5.41) is 0. The molecule has 19 heavy (non-hydrogen) atoms. The van der Waals surface area contributed by atoms with Gasteiger partial charge in [0, 0.05) is 25.2 Å². The Hall–Kier alpha value is -0.330. The van der Waals surface area contributed by atoms with E-state index < -0.39 is 12.8 Å². The summed E-state index contributed by atoms with van der Waals surface area (Å²) in [4.78, 5) is 2.25. The van der Waals surface area contributed by atoms with Crippen LogP contribution < -0.4 is 5.73 Å². The normalized spacial score (nSPS) is 13.3. The van der Waals surface area contributed by atoms with E-state index in [9.17, 15) is 13.2 Å². The topological polar surface area (TPSA) is 38.5 Å². The molecule has 0 rings (SSSR count). The molecule has 0 aromatic heterocycles. The van der Waals surface area contributed by atoms with E-state index >= 15 is 0 Å². The second-order valence-corrected chi connectivity index (χ2v) is 4.74. The third-order valence-corrected chi connectivity index (χ3v) is 3.73. The van der Waals surface area contributed by atoms with Crippen molar-refractivity contribution < 1.29 is 17.9 Å². The summed E-state index contributed by atoms with van der Waals surface area (Å²) in [5.41, 5.74) is 5.83. The smallest absolute Gasteiger partial charge is 0.372 e. The average Bonchev–Trinajstić information content (AvgIpc) is 2.37. The van der Waals surface area contributed by atoms with Gasteiger partial charge in [-0.3, -0.25) is 4.90 Å². The number of ether oxygens (including phenoxy) is 1. The van der Waals surface area contributed by atoms with Crippen molar-refractivity contribution in [2.75, 3.05) is 32.8 Å². The Kier molecular flexibility index (Phi) is 8.61. The van der Waals surface area contributed by atoms with E-state index in [1.807, 2.05) is 6.92 Å². The van der Waals surface area contributed by atoms with Crippen LogP contribution in [0, 0.1) is 0 Å². The highest BCUT2D eigenvalue weighted by Crippen LogP contribution is 2.23. The molecule has 3 nitrogen and oxygen atoms in total. The Morgan fingerprint density at radius 3 is 2.05 bits per heavy atom. The SMILES string of the molecule is CCN(CCCOCC(F)(F)F)C(CC)(CC)CN. The van der Waals surface area contributed by atoms with Crippen LogP contribution in [0.4, 0.5) is 13.2 Å². The maximum absolute atomic E-state index is 11.9. The van der Waals surface area contributed by atoms with Gasteiger partial charge in [-0.25, -0.2) is 0 Å². The molecule has 2 N–H and O–H groups in total. The van der Waals surface area contributed by atoms with Gasteiger partial charge < -0.3 is 10.5 Å². The third kappa shape index (κ3) is 6.58. The lowest BCUT2D eigenvalue weighted by molar-refractivity contribution is -0.174. The zero-order valence-corrected chi connectivity index (χ0v) is 12.2. The predicted molar refractivity (Wildman–Crippen MR) is 71.1 cm³/mol. The first-order chi connectivity index (χ1) is 8.85. The molecule has 0 heterocycles. The molecule has 116 valence electrons. The van der Waals surface area contributed by atoms with E-state index in [2.05, 4.69) is 23.5 Å². The summed E-state index contributed by atoms with van der Waals surface area (Å²) in [5.74, 6) is 0. The van der Waals surface area contributed by atoms with Crippen LogP contribution in [-0.4, -0.2) is 49.5 Å². The fourth-order valence-corrected chi connectivity index (χ4v) is 2.39. The molecule has 0 aromatic carbocycles. The van der Waals surface area contributed by atoms with Crippen molar-refractivity contribution in [3.05, 3.63) is 0 Å². The fraction of sp³-hybridized carbons (Fsp3) is 1.00. The Morgan fingerprint density at radius 2 is 1.68 bits per heavy atom. The number of halogens is 3. The monoisotopic (exact) mass is 284 g/mol. The van der Waals surface area contributed by atoms with Gasteiger partial charge in [-0.15, -0.1) is 0 Å². The van der Waals surface area contributed by atoms with Crippen LogP contribution in [-0.2, 0) is 4.74 Å². The van der Waals surface area contributed by atoms with Crippen LogP contribution in [0.15, 0.2) is 0 Å². The van der Waals surface area contributed by atoms with E-state index in [-0.39, 0.29) is 12.1 Å². The Bertz CT molecular complexity index is 222. The van der Waals surface area contributed by atoms with Crippen molar-refractivity contribution >= 4 is 0 Å². The van der Waals surface area contributed by atoms with Gasteiger partial charge in [0.1, 0.15) is 6.61 Å². The summed E-state index contributed by atoms with van der Waals surface area (Å²) in [6, 6.07) is 0. The van der Waals surface area contributed by atoms with Gasteiger partial charge >= 0.3 is 6.18 Å². The number of rotatable bonds is 10. The maximum atomic E-state index is 11.9. The molecule has 0 atom stereocenters. The van der Waals surface area contributed by atoms with Gasteiger partial charge in [-0.2, -0.15) is 13.2 Å². The number of nitrogens with two attached hydrogens (primary N) is 1. The maximum Gasteiger partial charge on any atom is 0.411 e. The highest BCUT2D eigenvalue weighted by atomic mass is 19.4. The number of likely N-dealkylation sites (N-methyl/N-ethyl adjacent to an activating group) is 1. The van der Waals surface area contributed by atoms with E-state index in [4.69, 9.17) is 5.73 Å². The first-order valence-corrected chi connectivity index (χ1v) is 6.94. The predicted octanol–water partition coefficient (Wildman–Crippen LogP) is 2.79. The first-order valence-electron chi connectivity index (χ1n) is 6.94. The van der Waals surface area contributed by atoms with Crippen LogP contribution >= 0.6 is 0 Å². The molecular weight excluding hydrogens is 257 g/mol. The minimum absolute atomic E-state index is 0.0429. The molecule has 0 aliphatic carbocycles. The lowest BCUT2D eigenvalue weighted by Gasteiger charge is -2.42. The van der Waals surface area contributed by atoms with E-state index in [1.54, 1.807) is 0 Å². The average molecular weight is 284 g/mol. The molecule has 0 radical (unpaired) electrons. The van der Waals surface area contributed by atoms with Crippen LogP contribution in [0.1, 0.15) is 40.0 Å². The molecule has 0 fully saturated rings. The zero-order chi connectivity index (χ0) is 14.9. The lowest BCUT2D eigenvalue weighted by Crippen LogP contribution is -2.53. The molecule has 0 bridgehead atoms. The van der Waals surface area contributed by atoms with Gasteiger partial charge in [0.05, 0.1) is 0 Å². The molecule has 0 unspecified atom stereocenters. The van der Waals surface area contributed by atoms with Crippen molar-refractivity contribution in [1.82, 2.24) is 4.90 Å². The molecule has 0 amide bonds. The molecule has 0 spiro atoms. The molecule has 0 saturated carbocycles. The molecular formula is C13H27F3N2O. The van der Waals surface area contributed by atoms with Crippen LogP contribution in [0.2, 0.25) is 0 Å². The van der Waals surface area contributed by atoms with E-state index in [1.165, 1.54) is 0 Å². The summed E-state index contributed by atoms with van der Waals surface area (Å²) in [7, 11) is 0. The van der Waals surface area contributed by atoms with Gasteiger partial charge in [-0.1, -0.05) is 20.8 Å². The van der Waals surface area contributed by atoms with Crippen molar-refractivity contribution in [2.45, 2.75) is 51.7 Å². The second-order valence-electron chi connectivity index (χ2n) is 4.74.